The molecule has 0 spiro atoms. The van der Waals surface area contributed by atoms with Crippen molar-refractivity contribution in [3.8, 4) is 0 Å². The number of nitrogens with two attached hydrogens (primary N) is 1. The first kappa shape index (κ1) is 20.1. The Labute approximate surface area is 160 Å². The molecule has 10 heteroatoms. The molecule has 4 N–H and O–H groups in total. The van der Waals surface area contributed by atoms with Gasteiger partial charge in [-0.3, -0.25) is 9.79 Å². The molecule has 2 fully saturated rings. The highest BCUT2D eigenvalue weighted by atomic mass is 19.4. The van der Waals surface area contributed by atoms with Crippen LogP contribution >= 0.6 is 0 Å². The second kappa shape index (κ2) is 7.40. The third kappa shape index (κ3) is 4.26. The van der Waals surface area contributed by atoms with Crippen LogP contribution in [0.4, 0.5) is 19.1 Å². The van der Waals surface area contributed by atoms with Crippen LogP contribution < -0.4 is 16.4 Å². The third-order valence-corrected chi connectivity index (χ3v) is 5.07. The van der Waals surface area contributed by atoms with Gasteiger partial charge in [0.05, 0.1) is 34.6 Å². The van der Waals surface area contributed by atoms with Crippen LogP contribution in [0.25, 0.3) is 0 Å². The van der Waals surface area contributed by atoms with E-state index in [4.69, 9.17) is 5.73 Å². The first-order valence-electron chi connectivity index (χ1n) is 9.07. The van der Waals surface area contributed by atoms with Gasteiger partial charge in [0.25, 0.3) is 0 Å². The lowest BCUT2D eigenvalue weighted by molar-refractivity contribution is -0.138. The van der Waals surface area contributed by atoms with Gasteiger partial charge < -0.3 is 16.4 Å². The molecule has 7 nitrogen and oxygen atoms in total. The summed E-state index contributed by atoms with van der Waals surface area (Å²) in [5.74, 6) is -0.206. The number of nitrogens with zero attached hydrogens (tertiary/aromatic N) is 3. The highest BCUT2D eigenvalue weighted by Crippen LogP contribution is 2.44. The molecule has 0 bridgehead atoms. The smallest absolute Gasteiger partial charge is 0.403 e. The van der Waals surface area contributed by atoms with Crippen molar-refractivity contribution >= 4 is 17.6 Å². The summed E-state index contributed by atoms with van der Waals surface area (Å²) in [6, 6.07) is 0. The maximum absolute atomic E-state index is 13.2. The van der Waals surface area contributed by atoms with Crippen LogP contribution in [0.5, 0.6) is 0 Å². The summed E-state index contributed by atoms with van der Waals surface area (Å²) in [7, 11) is 0. The average molecular weight is 396 g/mol. The minimum absolute atomic E-state index is 0.00565. The third-order valence-electron chi connectivity index (χ3n) is 5.07. The van der Waals surface area contributed by atoms with Crippen molar-refractivity contribution in [2.45, 2.75) is 45.2 Å². The predicted octanol–water partition coefficient (Wildman–Crippen LogP) is 2.57. The Hall–Kier alpha value is -2.65. The molecule has 3 rings (SSSR count). The molecule has 1 aliphatic carbocycles. The van der Waals surface area contributed by atoms with E-state index in [-0.39, 0.29) is 30.0 Å². The molecule has 28 heavy (non-hydrogen) atoms. The topological polar surface area (TPSA) is 105 Å². The number of nitrogens with one attached hydrogen (secondary N) is 2. The number of halogens is 3. The molecule has 1 atom stereocenters. The van der Waals surface area contributed by atoms with E-state index in [2.05, 4.69) is 25.6 Å². The lowest BCUT2D eigenvalue weighted by Gasteiger charge is -2.18. The van der Waals surface area contributed by atoms with E-state index < -0.39 is 17.2 Å². The van der Waals surface area contributed by atoms with Crippen molar-refractivity contribution in [3.05, 3.63) is 29.4 Å². The van der Waals surface area contributed by atoms with E-state index in [0.717, 1.165) is 6.20 Å². The number of carbonyl (C=O) groups excluding carboxylic acids is 1. The second-order valence-corrected chi connectivity index (χ2v) is 7.44. The maximum Gasteiger partial charge on any atom is 0.419 e. The predicted molar refractivity (Wildman–Crippen MR) is 98.6 cm³/mol. The zero-order valence-electron chi connectivity index (χ0n) is 15.7. The van der Waals surface area contributed by atoms with E-state index in [0.29, 0.717) is 37.2 Å². The van der Waals surface area contributed by atoms with E-state index in [1.54, 1.807) is 6.92 Å². The highest BCUT2D eigenvalue weighted by molar-refractivity contribution is 6.00. The second-order valence-electron chi connectivity index (χ2n) is 7.44. The molecule has 0 radical (unpaired) electrons. The zero-order valence-corrected chi connectivity index (χ0v) is 15.7. The van der Waals surface area contributed by atoms with E-state index in [1.165, 1.54) is 6.20 Å². The summed E-state index contributed by atoms with van der Waals surface area (Å²) in [6.07, 6.45) is -0.385. The number of carbonyl (C=O) groups is 1. The molecule has 2 heterocycles. The Morgan fingerprint density at radius 1 is 1.50 bits per heavy atom. The number of anilines is 1. The molecule has 0 aromatic carbocycles. The molecule has 1 aromatic rings. The van der Waals surface area contributed by atoms with Crippen molar-refractivity contribution in [1.82, 2.24) is 15.3 Å². The Kier molecular flexibility index (Phi) is 5.31. The van der Waals surface area contributed by atoms with Gasteiger partial charge in [0.1, 0.15) is 0 Å². The van der Waals surface area contributed by atoms with E-state index in [9.17, 15) is 18.0 Å². The number of aromatic nitrogens is 2. The Balaban J connectivity index is 1.76. The van der Waals surface area contributed by atoms with Crippen molar-refractivity contribution in [1.29, 1.82) is 0 Å². The first-order valence-corrected chi connectivity index (χ1v) is 9.07. The molecule has 1 amide bonds. The standard InChI is InChI=1S/C18H23F3N6O/c1-10(25-9-17(2)5-6-23-15(17)28)13(7-22)26-16-24-8-12(18(19,20)21)14(27-16)11-3-4-11/h7-8,11H,3-6,9,22H2,1-2H3,(H,23,28)(H,24,26,27)/b13-7+,25-10?/t17-/m1/s1. The first-order chi connectivity index (χ1) is 13.1. The van der Waals surface area contributed by atoms with Crippen molar-refractivity contribution in [3.63, 3.8) is 0 Å². The molecule has 1 aliphatic heterocycles. The van der Waals surface area contributed by atoms with Gasteiger partial charge in [0.2, 0.25) is 11.9 Å². The zero-order chi connectivity index (χ0) is 20.5. The van der Waals surface area contributed by atoms with Gasteiger partial charge in [-0.15, -0.1) is 0 Å². The molecule has 1 saturated carbocycles. The molecular formula is C18H23F3N6O. The van der Waals surface area contributed by atoms with Gasteiger partial charge in [-0.25, -0.2) is 9.97 Å². The monoisotopic (exact) mass is 396 g/mol. The number of rotatable bonds is 6. The Bertz CT molecular complexity index is 831. The SMILES string of the molecule is CC(=NC[C@@]1(C)CCNC1=O)/C(=C\N)Nc1ncc(C(F)(F)F)c(C2CC2)n1. The fourth-order valence-electron chi connectivity index (χ4n) is 3.02. The summed E-state index contributed by atoms with van der Waals surface area (Å²) < 4.78 is 39.5. The highest BCUT2D eigenvalue weighted by Gasteiger charge is 2.40. The summed E-state index contributed by atoms with van der Waals surface area (Å²) >= 11 is 0. The van der Waals surface area contributed by atoms with E-state index >= 15 is 0 Å². The van der Waals surface area contributed by atoms with Gasteiger partial charge in [-0.05, 0) is 33.1 Å². The minimum Gasteiger partial charge on any atom is -0.403 e. The van der Waals surface area contributed by atoms with Crippen molar-refractivity contribution in [2.24, 2.45) is 16.1 Å². The van der Waals surface area contributed by atoms with Crippen molar-refractivity contribution in [2.75, 3.05) is 18.4 Å². The Morgan fingerprint density at radius 2 is 2.21 bits per heavy atom. The van der Waals surface area contributed by atoms with Gasteiger partial charge >= 0.3 is 6.18 Å². The summed E-state index contributed by atoms with van der Waals surface area (Å²) in [5, 5.41) is 5.63. The number of hydrogen-bond acceptors (Lipinski definition) is 6. The largest absolute Gasteiger partial charge is 0.419 e. The van der Waals surface area contributed by atoms with Crippen LogP contribution in [0, 0.1) is 5.41 Å². The Morgan fingerprint density at radius 3 is 2.75 bits per heavy atom. The lowest BCUT2D eigenvalue weighted by atomic mass is 9.89. The fourth-order valence-corrected chi connectivity index (χ4v) is 3.02. The summed E-state index contributed by atoms with van der Waals surface area (Å²) in [6.45, 7) is 4.44. The molecule has 152 valence electrons. The van der Waals surface area contributed by atoms with Crippen LogP contribution in [0.3, 0.4) is 0 Å². The molecular weight excluding hydrogens is 373 g/mol. The van der Waals surface area contributed by atoms with Crippen molar-refractivity contribution < 1.29 is 18.0 Å². The number of allylic oxidation sites excluding steroid dienone is 1. The lowest BCUT2D eigenvalue weighted by Crippen LogP contribution is -2.31. The van der Waals surface area contributed by atoms with Crippen LogP contribution in [0.2, 0.25) is 0 Å². The molecule has 1 saturated heterocycles. The average Bonchev–Trinajstić information content (AvgIpc) is 3.43. The summed E-state index contributed by atoms with van der Waals surface area (Å²) in [4.78, 5) is 24.2. The molecule has 0 unspecified atom stereocenters. The van der Waals surface area contributed by atoms with Gasteiger partial charge in [-0.1, -0.05) is 0 Å². The number of alkyl halides is 3. The van der Waals surface area contributed by atoms with Crippen LogP contribution in [-0.2, 0) is 11.0 Å². The number of hydrogen-bond donors (Lipinski definition) is 3. The molecule has 2 aliphatic rings. The van der Waals surface area contributed by atoms with Crippen LogP contribution in [0.15, 0.2) is 23.1 Å². The van der Waals surface area contributed by atoms with E-state index in [1.807, 2.05) is 6.92 Å². The van der Waals surface area contributed by atoms with Crippen LogP contribution in [-0.4, -0.2) is 34.7 Å². The summed E-state index contributed by atoms with van der Waals surface area (Å²) in [5.41, 5.74) is 5.17. The van der Waals surface area contributed by atoms with Gasteiger partial charge in [0, 0.05) is 24.9 Å². The normalized spacial score (nSPS) is 23.7. The minimum atomic E-state index is -4.49. The van der Waals surface area contributed by atoms with Crippen LogP contribution in [0.1, 0.15) is 50.3 Å². The molecule has 1 aromatic heterocycles. The number of aliphatic imine (C=N–C) groups is 1. The fraction of sp³-hybridized carbons (Fsp3) is 0.556. The maximum atomic E-state index is 13.2. The van der Waals surface area contributed by atoms with Gasteiger partial charge in [0.15, 0.2) is 0 Å². The quantitative estimate of drug-likeness (QED) is 0.641. The van der Waals surface area contributed by atoms with Gasteiger partial charge in [-0.2, -0.15) is 13.2 Å². The number of amides is 1.